The van der Waals surface area contributed by atoms with Gasteiger partial charge in [-0.05, 0) is 69.9 Å². The largest absolute Gasteiger partial charge is 0.598 e. The fraction of sp³-hybridized carbons (Fsp3) is 0.435. The van der Waals surface area contributed by atoms with Gasteiger partial charge in [0.25, 0.3) is 0 Å². The van der Waals surface area contributed by atoms with Crippen LogP contribution in [0.15, 0.2) is 30.3 Å². The number of aryl methyl sites for hydroxylation is 1. The van der Waals surface area contributed by atoms with Gasteiger partial charge in [-0.1, -0.05) is 35.9 Å². The van der Waals surface area contributed by atoms with Crippen LogP contribution in [0.5, 0.6) is 0 Å². The summed E-state index contributed by atoms with van der Waals surface area (Å²) in [5.74, 6) is -1.13. The smallest absolute Gasteiger partial charge is 0.307 e. The van der Waals surface area contributed by atoms with Gasteiger partial charge in [0, 0.05) is 16.9 Å². The Labute approximate surface area is 186 Å². The lowest BCUT2D eigenvalue weighted by Crippen LogP contribution is -2.42. The molecule has 0 fully saturated rings. The molecule has 0 aliphatic heterocycles. The number of halogens is 2. The Bertz CT molecular complexity index is 914. The third kappa shape index (κ3) is 5.76. The van der Waals surface area contributed by atoms with Crippen LogP contribution in [-0.4, -0.2) is 21.9 Å². The van der Waals surface area contributed by atoms with E-state index in [9.17, 15) is 9.35 Å². The van der Waals surface area contributed by atoms with Crippen molar-refractivity contribution in [3.8, 4) is 11.1 Å². The van der Waals surface area contributed by atoms with Crippen LogP contribution in [0.2, 0.25) is 5.02 Å². The molecule has 0 radical (unpaired) electrons. The first-order chi connectivity index (χ1) is 14.0. The molecule has 7 heteroatoms. The highest BCUT2D eigenvalue weighted by Gasteiger charge is 2.34. The van der Waals surface area contributed by atoms with Crippen molar-refractivity contribution in [3.05, 3.63) is 57.9 Å². The van der Waals surface area contributed by atoms with E-state index >= 15 is 4.39 Å². The number of esters is 1. The first kappa shape index (κ1) is 24.7. The molecule has 1 N–H and O–H groups in total. The summed E-state index contributed by atoms with van der Waals surface area (Å²) in [6, 6.07) is 8.48. The van der Waals surface area contributed by atoms with E-state index in [-0.39, 0.29) is 23.6 Å². The summed E-state index contributed by atoms with van der Waals surface area (Å²) < 4.78 is 35.5. The fourth-order valence-corrected chi connectivity index (χ4v) is 4.23. The van der Waals surface area contributed by atoms with Crippen LogP contribution in [0.3, 0.4) is 0 Å². The first-order valence-electron chi connectivity index (χ1n) is 9.85. The fourth-order valence-electron chi connectivity index (χ4n) is 3.20. The van der Waals surface area contributed by atoms with E-state index in [1.54, 1.807) is 40.7 Å². The zero-order valence-electron chi connectivity index (χ0n) is 18.3. The second kappa shape index (κ2) is 10.1. The predicted octanol–water partition coefficient (Wildman–Crippen LogP) is 5.81. The Hall–Kier alpha value is -1.60. The van der Waals surface area contributed by atoms with Crippen LogP contribution in [-0.2, 0) is 20.9 Å². The van der Waals surface area contributed by atoms with Crippen LogP contribution in [0.25, 0.3) is 11.1 Å². The third-order valence-electron chi connectivity index (χ3n) is 4.79. The summed E-state index contributed by atoms with van der Waals surface area (Å²) in [7, 11) is 0. The van der Waals surface area contributed by atoms with Gasteiger partial charge in [0.15, 0.2) is 0 Å². The maximum absolute atomic E-state index is 15.3. The molecule has 0 spiro atoms. The van der Waals surface area contributed by atoms with E-state index in [2.05, 4.69) is 4.72 Å². The SMILES string of the molecule is CCOC(=O)CC(N[S@+]([O-])C(C)(C)C)c1c(C)c(-c2ccccc2C)cc(Cl)c1F. The maximum atomic E-state index is 15.3. The number of ether oxygens (including phenoxy) is 1. The average molecular weight is 454 g/mol. The minimum Gasteiger partial charge on any atom is -0.598 e. The van der Waals surface area contributed by atoms with Crippen molar-refractivity contribution in [2.45, 2.75) is 58.8 Å². The van der Waals surface area contributed by atoms with Crippen molar-refractivity contribution < 1.29 is 18.5 Å². The van der Waals surface area contributed by atoms with Crippen molar-refractivity contribution in [1.29, 1.82) is 0 Å². The number of hydrogen-bond acceptors (Lipinski definition) is 4. The lowest BCUT2D eigenvalue weighted by atomic mass is 9.90. The lowest BCUT2D eigenvalue weighted by molar-refractivity contribution is -0.143. The molecule has 4 nitrogen and oxygen atoms in total. The number of carbonyl (C=O) groups excluding carboxylic acids is 1. The summed E-state index contributed by atoms with van der Waals surface area (Å²) in [6.45, 7) is 11.1. The number of carbonyl (C=O) groups is 1. The number of nitrogens with one attached hydrogen (secondary N) is 1. The Morgan fingerprint density at radius 1 is 1.27 bits per heavy atom. The van der Waals surface area contributed by atoms with Gasteiger partial charge in [-0.3, -0.25) is 4.79 Å². The zero-order chi connectivity index (χ0) is 22.6. The molecule has 0 saturated carbocycles. The Morgan fingerprint density at radius 2 is 1.90 bits per heavy atom. The van der Waals surface area contributed by atoms with Gasteiger partial charge in [-0.2, -0.15) is 0 Å². The van der Waals surface area contributed by atoms with Gasteiger partial charge in [0.05, 0.1) is 24.1 Å². The molecule has 30 heavy (non-hydrogen) atoms. The van der Waals surface area contributed by atoms with Gasteiger partial charge in [-0.15, -0.1) is 4.72 Å². The van der Waals surface area contributed by atoms with Crippen molar-refractivity contribution in [3.63, 3.8) is 0 Å². The molecule has 0 amide bonds. The Balaban J connectivity index is 2.64. The van der Waals surface area contributed by atoms with E-state index in [0.29, 0.717) is 5.56 Å². The summed E-state index contributed by atoms with van der Waals surface area (Å²) in [5.41, 5.74) is 3.57. The van der Waals surface area contributed by atoms with Crippen LogP contribution < -0.4 is 4.72 Å². The molecule has 2 aromatic rings. The standard InChI is InChI=1S/C23H29ClFNO3S/c1-7-29-20(27)13-19(26-30(28)23(4,5)6)21-15(3)17(12-18(24)22(21)25)16-11-9-8-10-14(16)2/h8-12,19,26H,7,13H2,1-6H3/t19?,30-/m1/s1. The van der Waals surface area contributed by atoms with E-state index in [4.69, 9.17) is 16.3 Å². The summed E-state index contributed by atoms with van der Waals surface area (Å²) in [4.78, 5) is 12.3. The van der Waals surface area contributed by atoms with Gasteiger partial charge < -0.3 is 9.29 Å². The molecule has 1 unspecified atom stereocenters. The molecule has 0 saturated heterocycles. The van der Waals surface area contributed by atoms with Crippen molar-refractivity contribution in [2.75, 3.05) is 6.61 Å². The first-order valence-corrected chi connectivity index (χ1v) is 11.4. The molecule has 2 aromatic carbocycles. The number of hydrogen-bond donors (Lipinski definition) is 1. The van der Waals surface area contributed by atoms with Gasteiger partial charge in [-0.25, -0.2) is 4.39 Å². The zero-order valence-corrected chi connectivity index (χ0v) is 19.8. The quantitative estimate of drug-likeness (QED) is 0.424. The molecule has 0 bridgehead atoms. The Morgan fingerprint density at radius 3 is 2.47 bits per heavy atom. The third-order valence-corrected chi connectivity index (χ3v) is 6.68. The average Bonchev–Trinajstić information content (AvgIpc) is 2.65. The van der Waals surface area contributed by atoms with Gasteiger partial charge in [0.1, 0.15) is 10.6 Å². The maximum Gasteiger partial charge on any atom is 0.307 e. The van der Waals surface area contributed by atoms with Crippen LogP contribution in [0.1, 0.15) is 56.8 Å². The van der Waals surface area contributed by atoms with E-state index in [1.165, 1.54) is 0 Å². The monoisotopic (exact) mass is 453 g/mol. The van der Waals surface area contributed by atoms with E-state index in [1.807, 2.05) is 31.2 Å². The Kier molecular flexibility index (Phi) is 8.34. The molecule has 0 aliphatic rings. The van der Waals surface area contributed by atoms with E-state index < -0.39 is 33.9 Å². The molecule has 0 aromatic heterocycles. The number of rotatable bonds is 7. The van der Waals surface area contributed by atoms with Crippen molar-refractivity contribution >= 4 is 28.9 Å². The molecular formula is C23H29ClFNO3S. The highest BCUT2D eigenvalue weighted by molar-refractivity contribution is 7.90. The molecule has 164 valence electrons. The molecule has 2 rings (SSSR count). The molecule has 0 aliphatic carbocycles. The van der Waals surface area contributed by atoms with Crippen LogP contribution >= 0.6 is 11.6 Å². The molecular weight excluding hydrogens is 425 g/mol. The predicted molar refractivity (Wildman–Crippen MR) is 121 cm³/mol. The van der Waals surface area contributed by atoms with Crippen molar-refractivity contribution in [1.82, 2.24) is 4.72 Å². The minimum atomic E-state index is -1.53. The van der Waals surface area contributed by atoms with E-state index in [0.717, 1.165) is 16.7 Å². The van der Waals surface area contributed by atoms with Crippen LogP contribution in [0, 0.1) is 19.7 Å². The van der Waals surface area contributed by atoms with Crippen molar-refractivity contribution in [2.24, 2.45) is 0 Å². The summed E-state index contributed by atoms with van der Waals surface area (Å²) in [6.07, 6.45) is -0.166. The van der Waals surface area contributed by atoms with Gasteiger partial charge in [0.2, 0.25) is 0 Å². The highest BCUT2D eigenvalue weighted by atomic mass is 35.5. The minimum absolute atomic E-state index is 0.0500. The second-order valence-corrected chi connectivity index (χ2v) is 10.5. The second-order valence-electron chi connectivity index (χ2n) is 8.13. The summed E-state index contributed by atoms with van der Waals surface area (Å²) in [5, 5.41) is -0.0500. The highest BCUT2D eigenvalue weighted by Crippen LogP contribution is 2.38. The molecule has 0 heterocycles. The molecule has 2 atom stereocenters. The normalized spacial score (nSPS) is 13.8. The lowest BCUT2D eigenvalue weighted by Gasteiger charge is -2.29. The van der Waals surface area contributed by atoms with Gasteiger partial charge >= 0.3 is 5.97 Å². The summed E-state index contributed by atoms with van der Waals surface area (Å²) >= 11 is 4.73. The number of benzene rings is 2. The van der Waals surface area contributed by atoms with Crippen LogP contribution in [0.4, 0.5) is 4.39 Å². The topological polar surface area (TPSA) is 61.4 Å².